The minimum atomic E-state index is -0.819. The second-order valence-electron chi connectivity index (χ2n) is 10.1. The zero-order chi connectivity index (χ0) is 17.7. The van der Waals surface area contributed by atoms with Gasteiger partial charge in [-0.3, -0.25) is 9.69 Å². The van der Waals surface area contributed by atoms with E-state index in [0.717, 1.165) is 44.7 Å². The SMILES string of the molecule is O=C1CC[C@@]2(O)[C@H]3CC4CCC(O)C5O[C@@H]1[C@]2(CCN3CC1CCC1)C45. The van der Waals surface area contributed by atoms with E-state index in [1.807, 2.05) is 0 Å². The minimum Gasteiger partial charge on any atom is -0.390 e. The molecule has 4 aliphatic carbocycles. The molecule has 1 spiro atoms. The summed E-state index contributed by atoms with van der Waals surface area (Å²) >= 11 is 0. The maximum Gasteiger partial charge on any atom is 0.162 e. The van der Waals surface area contributed by atoms with Crippen molar-refractivity contribution in [1.82, 2.24) is 4.90 Å². The molecule has 2 aliphatic heterocycles. The van der Waals surface area contributed by atoms with Crippen molar-refractivity contribution < 1.29 is 19.7 Å². The van der Waals surface area contributed by atoms with Crippen LogP contribution in [0.15, 0.2) is 0 Å². The Hall–Kier alpha value is -0.490. The first-order chi connectivity index (χ1) is 12.5. The summed E-state index contributed by atoms with van der Waals surface area (Å²) in [7, 11) is 0. The van der Waals surface area contributed by atoms with Gasteiger partial charge in [0.1, 0.15) is 6.10 Å². The molecule has 8 atom stereocenters. The molecule has 0 aromatic carbocycles. The number of rotatable bonds is 2. The average molecular weight is 361 g/mol. The van der Waals surface area contributed by atoms with Crippen LogP contribution in [0.4, 0.5) is 0 Å². The van der Waals surface area contributed by atoms with Gasteiger partial charge in [0.15, 0.2) is 5.78 Å². The Bertz CT molecular complexity index is 636. The van der Waals surface area contributed by atoms with Gasteiger partial charge in [0.2, 0.25) is 0 Å². The molecule has 144 valence electrons. The predicted octanol–water partition coefficient (Wildman–Crippen LogP) is 1.50. The molecule has 0 aromatic heterocycles. The van der Waals surface area contributed by atoms with Crippen molar-refractivity contribution >= 4 is 5.78 Å². The maximum atomic E-state index is 12.8. The number of ketones is 1. The van der Waals surface area contributed by atoms with Crippen molar-refractivity contribution in [3.05, 3.63) is 0 Å². The van der Waals surface area contributed by atoms with E-state index in [9.17, 15) is 15.0 Å². The molecule has 26 heavy (non-hydrogen) atoms. The lowest BCUT2D eigenvalue weighted by atomic mass is 9.42. The highest BCUT2D eigenvalue weighted by Gasteiger charge is 2.77. The zero-order valence-electron chi connectivity index (χ0n) is 15.5. The second kappa shape index (κ2) is 5.31. The fourth-order valence-electron chi connectivity index (χ4n) is 8.03. The Morgan fingerprint density at radius 3 is 2.81 bits per heavy atom. The first-order valence-electron chi connectivity index (χ1n) is 10.9. The van der Waals surface area contributed by atoms with Crippen LogP contribution in [-0.4, -0.2) is 63.9 Å². The van der Waals surface area contributed by atoms with Crippen LogP contribution in [0.1, 0.15) is 57.8 Å². The van der Waals surface area contributed by atoms with E-state index < -0.39 is 23.2 Å². The van der Waals surface area contributed by atoms with E-state index in [1.165, 1.54) is 19.3 Å². The van der Waals surface area contributed by atoms with Crippen molar-refractivity contribution in [1.29, 1.82) is 0 Å². The number of piperidine rings is 1. The monoisotopic (exact) mass is 361 g/mol. The molecule has 5 nitrogen and oxygen atoms in total. The summed E-state index contributed by atoms with van der Waals surface area (Å²) in [5, 5.41) is 22.7. The summed E-state index contributed by atoms with van der Waals surface area (Å²) in [6.45, 7) is 2.09. The number of hydrogen-bond acceptors (Lipinski definition) is 5. The standard InChI is InChI=1S/C21H31NO4/c23-14-5-4-13-10-16-21(25)7-6-15(24)19-20(21,17(13)18(14)26-19)8-9-22(16)11-12-2-1-3-12/h12-14,16-19,23,25H,1-11H2/t13?,14?,16-,17?,18?,19+,20+,21-/m1/s1. The lowest BCUT2D eigenvalue weighted by Gasteiger charge is -2.67. The van der Waals surface area contributed by atoms with Crippen LogP contribution in [0.2, 0.25) is 0 Å². The number of ether oxygens (including phenoxy) is 1. The molecular formula is C21H31NO4. The van der Waals surface area contributed by atoms with E-state index in [2.05, 4.69) is 4.90 Å². The predicted molar refractivity (Wildman–Crippen MR) is 94.4 cm³/mol. The summed E-state index contributed by atoms with van der Waals surface area (Å²) < 4.78 is 6.29. The van der Waals surface area contributed by atoms with Crippen LogP contribution in [0.5, 0.6) is 0 Å². The van der Waals surface area contributed by atoms with Crippen LogP contribution < -0.4 is 0 Å². The average Bonchev–Trinajstić information content (AvgIpc) is 2.93. The molecule has 2 bridgehead atoms. The van der Waals surface area contributed by atoms with Crippen molar-refractivity contribution in [2.75, 3.05) is 13.1 Å². The number of aliphatic hydroxyl groups is 2. The molecule has 2 N–H and O–H groups in total. The van der Waals surface area contributed by atoms with Gasteiger partial charge in [-0.15, -0.1) is 0 Å². The number of likely N-dealkylation sites (tertiary alicyclic amines) is 1. The highest BCUT2D eigenvalue weighted by molar-refractivity contribution is 5.86. The first kappa shape index (κ1) is 16.5. The molecule has 0 amide bonds. The topological polar surface area (TPSA) is 70.0 Å². The third-order valence-corrected chi connectivity index (χ3v) is 9.33. The molecule has 6 fully saturated rings. The van der Waals surface area contributed by atoms with Crippen LogP contribution in [0, 0.1) is 23.2 Å². The number of nitrogens with zero attached hydrogens (tertiary/aromatic N) is 1. The minimum absolute atomic E-state index is 0.160. The normalized spacial score (nSPS) is 56.2. The number of Topliss-reactive ketones (excluding diaryl/α,β-unsaturated/α-hetero) is 1. The molecule has 0 aromatic rings. The lowest BCUT2D eigenvalue weighted by Crippen LogP contribution is -2.77. The van der Waals surface area contributed by atoms with Gasteiger partial charge in [-0.25, -0.2) is 0 Å². The molecule has 2 heterocycles. The van der Waals surface area contributed by atoms with Gasteiger partial charge in [0.05, 0.1) is 17.8 Å². The van der Waals surface area contributed by atoms with Gasteiger partial charge >= 0.3 is 0 Å². The highest BCUT2D eigenvalue weighted by Crippen LogP contribution is 2.69. The van der Waals surface area contributed by atoms with Gasteiger partial charge in [0, 0.05) is 30.3 Å². The maximum absolute atomic E-state index is 12.8. The van der Waals surface area contributed by atoms with Crippen molar-refractivity contribution in [2.24, 2.45) is 23.2 Å². The zero-order valence-corrected chi connectivity index (χ0v) is 15.5. The number of carbonyl (C=O) groups excluding carboxylic acids is 1. The molecule has 6 aliphatic rings. The largest absolute Gasteiger partial charge is 0.390 e. The van der Waals surface area contributed by atoms with E-state index in [4.69, 9.17) is 4.74 Å². The molecular weight excluding hydrogens is 330 g/mol. The third kappa shape index (κ3) is 1.79. The van der Waals surface area contributed by atoms with Crippen LogP contribution in [-0.2, 0) is 9.53 Å². The van der Waals surface area contributed by atoms with E-state index in [1.54, 1.807) is 0 Å². The van der Waals surface area contributed by atoms with Gasteiger partial charge in [-0.05, 0) is 63.3 Å². The van der Waals surface area contributed by atoms with Crippen LogP contribution in [0.3, 0.4) is 0 Å². The number of hydrogen-bond donors (Lipinski definition) is 2. The molecule has 4 saturated carbocycles. The van der Waals surface area contributed by atoms with Crippen molar-refractivity contribution in [3.8, 4) is 0 Å². The fourth-order valence-corrected chi connectivity index (χ4v) is 8.03. The lowest BCUT2D eigenvalue weighted by molar-refractivity contribution is -0.252. The molecule has 4 unspecified atom stereocenters. The Morgan fingerprint density at radius 2 is 2.04 bits per heavy atom. The summed E-state index contributed by atoms with van der Waals surface area (Å²) in [6, 6.07) is 0.172. The molecule has 5 heteroatoms. The number of aliphatic hydroxyl groups excluding tert-OH is 1. The first-order valence-corrected chi connectivity index (χ1v) is 10.9. The van der Waals surface area contributed by atoms with E-state index >= 15 is 0 Å². The Morgan fingerprint density at radius 1 is 1.19 bits per heavy atom. The number of carbonyl (C=O) groups is 1. The molecule has 0 radical (unpaired) electrons. The summed E-state index contributed by atoms with van der Waals surface area (Å²) in [6.07, 6.45) is 7.48. The van der Waals surface area contributed by atoms with E-state index in [0.29, 0.717) is 18.8 Å². The second-order valence-corrected chi connectivity index (χ2v) is 10.1. The van der Waals surface area contributed by atoms with Gasteiger partial charge < -0.3 is 14.9 Å². The summed E-state index contributed by atoms with van der Waals surface area (Å²) in [5.41, 5.74) is -1.27. The molecule has 2 saturated heterocycles. The Kier molecular flexibility index (Phi) is 3.36. The summed E-state index contributed by atoms with van der Waals surface area (Å²) in [4.78, 5) is 15.4. The Balaban J connectivity index is 1.44. The van der Waals surface area contributed by atoms with Crippen molar-refractivity contribution in [2.45, 2.75) is 87.7 Å². The van der Waals surface area contributed by atoms with Crippen LogP contribution >= 0.6 is 0 Å². The van der Waals surface area contributed by atoms with Gasteiger partial charge in [0.25, 0.3) is 0 Å². The molecule has 6 rings (SSSR count). The fraction of sp³-hybridized carbons (Fsp3) is 0.952. The third-order valence-electron chi connectivity index (χ3n) is 9.33. The van der Waals surface area contributed by atoms with Crippen LogP contribution in [0.25, 0.3) is 0 Å². The Labute approximate surface area is 155 Å². The smallest absolute Gasteiger partial charge is 0.162 e. The summed E-state index contributed by atoms with van der Waals surface area (Å²) in [5.74, 6) is 1.61. The van der Waals surface area contributed by atoms with E-state index in [-0.39, 0.29) is 23.8 Å². The van der Waals surface area contributed by atoms with Gasteiger partial charge in [-0.1, -0.05) is 6.42 Å². The van der Waals surface area contributed by atoms with Gasteiger partial charge in [-0.2, -0.15) is 0 Å². The quantitative estimate of drug-likeness (QED) is 0.780. The van der Waals surface area contributed by atoms with Crippen molar-refractivity contribution in [3.63, 3.8) is 0 Å². The highest BCUT2D eigenvalue weighted by atomic mass is 16.5.